The van der Waals surface area contributed by atoms with E-state index in [1.807, 2.05) is 12.1 Å². The number of nitrogens with zero attached hydrogens (tertiary/aromatic N) is 6. The highest BCUT2D eigenvalue weighted by Crippen LogP contribution is 2.20. The number of hydrogen-bond donors (Lipinski definition) is 0. The largest absolute Gasteiger partial charge is 0.355 e. The number of nitro groups is 1. The third kappa shape index (κ3) is 4.50. The molecular formula is C21H26N6O3. The van der Waals surface area contributed by atoms with E-state index >= 15 is 0 Å². The summed E-state index contributed by atoms with van der Waals surface area (Å²) in [6, 6.07) is 9.82. The molecule has 0 radical (unpaired) electrons. The number of rotatable bonds is 4. The van der Waals surface area contributed by atoms with Crippen LogP contribution in [0.5, 0.6) is 0 Å². The molecular weight excluding hydrogens is 384 g/mol. The maximum absolute atomic E-state index is 12.7. The molecule has 3 heterocycles. The van der Waals surface area contributed by atoms with Gasteiger partial charge in [0, 0.05) is 57.0 Å². The fourth-order valence-electron chi connectivity index (χ4n) is 4.00. The van der Waals surface area contributed by atoms with Crippen molar-refractivity contribution in [2.45, 2.75) is 25.7 Å². The summed E-state index contributed by atoms with van der Waals surface area (Å²) in [6.07, 6.45) is 4.97. The number of aromatic nitrogens is 2. The van der Waals surface area contributed by atoms with Gasteiger partial charge >= 0.3 is 0 Å². The first-order valence-corrected chi connectivity index (χ1v) is 10.5. The number of benzene rings is 1. The summed E-state index contributed by atoms with van der Waals surface area (Å²) < 4.78 is 0. The second kappa shape index (κ2) is 9.06. The Bertz CT molecular complexity index is 871. The molecule has 9 heteroatoms. The van der Waals surface area contributed by atoms with E-state index in [4.69, 9.17) is 0 Å². The Morgan fingerprint density at radius 3 is 1.80 bits per heavy atom. The molecule has 1 amide bonds. The van der Waals surface area contributed by atoms with Crippen molar-refractivity contribution in [2.24, 2.45) is 0 Å². The van der Waals surface area contributed by atoms with Gasteiger partial charge in [0.05, 0.1) is 4.92 Å². The van der Waals surface area contributed by atoms with E-state index < -0.39 is 4.92 Å². The van der Waals surface area contributed by atoms with E-state index in [0.29, 0.717) is 31.7 Å². The van der Waals surface area contributed by atoms with Crippen molar-refractivity contribution in [2.75, 3.05) is 49.1 Å². The predicted octanol–water partition coefficient (Wildman–Crippen LogP) is 2.73. The minimum atomic E-state index is -0.466. The Morgan fingerprint density at radius 1 is 0.767 bits per heavy atom. The van der Waals surface area contributed by atoms with Crippen molar-refractivity contribution in [3.63, 3.8) is 0 Å². The Kier molecular flexibility index (Phi) is 6.06. The van der Waals surface area contributed by atoms with Gasteiger partial charge in [0.15, 0.2) is 11.6 Å². The van der Waals surface area contributed by atoms with Gasteiger partial charge in [-0.3, -0.25) is 14.9 Å². The fourth-order valence-corrected chi connectivity index (χ4v) is 4.00. The molecule has 0 bridgehead atoms. The summed E-state index contributed by atoms with van der Waals surface area (Å²) in [5.41, 5.74) is 0.453. The normalized spacial score (nSPS) is 17.5. The van der Waals surface area contributed by atoms with Gasteiger partial charge in [0.1, 0.15) is 0 Å². The lowest BCUT2D eigenvalue weighted by molar-refractivity contribution is -0.384. The summed E-state index contributed by atoms with van der Waals surface area (Å²) in [5, 5.41) is 19.6. The molecule has 2 aliphatic heterocycles. The molecule has 2 aromatic rings. The molecule has 1 aromatic carbocycles. The second-order valence-electron chi connectivity index (χ2n) is 7.73. The molecule has 0 spiro atoms. The highest BCUT2D eigenvalue weighted by molar-refractivity contribution is 5.94. The van der Waals surface area contributed by atoms with E-state index in [-0.39, 0.29) is 11.6 Å². The number of nitro benzene ring substituents is 1. The van der Waals surface area contributed by atoms with Crippen LogP contribution < -0.4 is 9.80 Å². The van der Waals surface area contributed by atoms with Gasteiger partial charge in [-0.15, -0.1) is 10.2 Å². The third-order valence-electron chi connectivity index (χ3n) is 5.78. The lowest BCUT2D eigenvalue weighted by Gasteiger charge is -2.35. The molecule has 0 unspecified atom stereocenters. The van der Waals surface area contributed by atoms with Gasteiger partial charge in [0.25, 0.3) is 11.6 Å². The van der Waals surface area contributed by atoms with Crippen LogP contribution in [0.25, 0.3) is 0 Å². The SMILES string of the molecule is O=C(c1ccc([N+](=O)[O-])cc1)N1CCN(c2ccc(N3CCCCCC3)nn2)CC1. The zero-order valence-corrected chi connectivity index (χ0v) is 16.9. The quantitative estimate of drug-likeness (QED) is 0.565. The summed E-state index contributed by atoms with van der Waals surface area (Å²) in [6.45, 7) is 4.58. The lowest BCUT2D eigenvalue weighted by Crippen LogP contribution is -2.49. The van der Waals surface area contributed by atoms with Crippen LogP contribution >= 0.6 is 0 Å². The van der Waals surface area contributed by atoms with E-state index in [0.717, 1.165) is 24.7 Å². The molecule has 0 saturated carbocycles. The van der Waals surface area contributed by atoms with Crippen LogP contribution in [0.1, 0.15) is 36.0 Å². The second-order valence-corrected chi connectivity index (χ2v) is 7.73. The highest BCUT2D eigenvalue weighted by atomic mass is 16.6. The van der Waals surface area contributed by atoms with Gasteiger partial charge in [0.2, 0.25) is 0 Å². The van der Waals surface area contributed by atoms with Gasteiger partial charge in [-0.1, -0.05) is 12.8 Å². The van der Waals surface area contributed by atoms with Crippen LogP contribution in [0, 0.1) is 10.1 Å². The van der Waals surface area contributed by atoms with E-state index in [1.165, 1.54) is 49.9 Å². The monoisotopic (exact) mass is 410 g/mol. The third-order valence-corrected chi connectivity index (χ3v) is 5.78. The Labute approximate surface area is 175 Å². The van der Waals surface area contributed by atoms with Gasteiger partial charge in [-0.05, 0) is 37.1 Å². The van der Waals surface area contributed by atoms with Gasteiger partial charge < -0.3 is 14.7 Å². The van der Waals surface area contributed by atoms with Crippen LogP contribution in [0.4, 0.5) is 17.3 Å². The predicted molar refractivity (Wildman–Crippen MR) is 114 cm³/mol. The first kappa shape index (κ1) is 20.1. The number of amides is 1. The van der Waals surface area contributed by atoms with Crippen LogP contribution in [0.3, 0.4) is 0 Å². The fraction of sp³-hybridized carbons (Fsp3) is 0.476. The van der Waals surface area contributed by atoms with Gasteiger partial charge in [-0.25, -0.2) is 0 Å². The molecule has 2 fully saturated rings. The number of piperazine rings is 1. The number of carbonyl (C=O) groups is 1. The van der Waals surface area contributed by atoms with Crippen molar-refractivity contribution in [3.05, 3.63) is 52.1 Å². The first-order chi connectivity index (χ1) is 14.6. The van der Waals surface area contributed by atoms with Crippen LogP contribution in [-0.4, -0.2) is 65.2 Å². The van der Waals surface area contributed by atoms with E-state index in [9.17, 15) is 14.9 Å². The lowest BCUT2D eigenvalue weighted by atomic mass is 10.1. The van der Waals surface area contributed by atoms with E-state index in [1.54, 1.807) is 4.90 Å². The molecule has 158 valence electrons. The smallest absolute Gasteiger partial charge is 0.269 e. The molecule has 0 atom stereocenters. The Hall–Kier alpha value is -3.23. The number of non-ortho nitro benzene ring substituents is 1. The first-order valence-electron chi connectivity index (χ1n) is 10.5. The highest BCUT2D eigenvalue weighted by Gasteiger charge is 2.24. The summed E-state index contributed by atoms with van der Waals surface area (Å²) in [7, 11) is 0. The summed E-state index contributed by atoms with van der Waals surface area (Å²) in [4.78, 5) is 29.2. The number of anilines is 2. The maximum Gasteiger partial charge on any atom is 0.269 e. The number of hydrogen-bond acceptors (Lipinski definition) is 7. The molecule has 2 aliphatic rings. The zero-order valence-electron chi connectivity index (χ0n) is 16.9. The molecule has 2 saturated heterocycles. The van der Waals surface area contributed by atoms with Crippen molar-refractivity contribution in [3.8, 4) is 0 Å². The molecule has 4 rings (SSSR count). The minimum absolute atomic E-state index is 0.0152. The van der Waals surface area contributed by atoms with Crippen molar-refractivity contribution in [1.82, 2.24) is 15.1 Å². The molecule has 0 aliphatic carbocycles. The molecule has 9 nitrogen and oxygen atoms in total. The standard InChI is InChI=1S/C21H26N6O3/c28-21(17-5-7-18(8-6-17)27(29)30)26-15-13-25(14-16-26)20-10-9-19(22-23-20)24-11-3-1-2-4-12-24/h5-10H,1-4,11-16H2. The van der Waals surface area contributed by atoms with Crippen molar-refractivity contribution in [1.29, 1.82) is 0 Å². The van der Waals surface area contributed by atoms with E-state index in [2.05, 4.69) is 20.0 Å². The molecule has 1 aromatic heterocycles. The Morgan fingerprint density at radius 2 is 1.30 bits per heavy atom. The summed E-state index contributed by atoms with van der Waals surface area (Å²) in [5.74, 6) is 1.66. The topological polar surface area (TPSA) is 95.7 Å². The summed E-state index contributed by atoms with van der Waals surface area (Å²) >= 11 is 0. The van der Waals surface area contributed by atoms with Crippen molar-refractivity contribution < 1.29 is 9.72 Å². The van der Waals surface area contributed by atoms with Gasteiger partial charge in [-0.2, -0.15) is 0 Å². The van der Waals surface area contributed by atoms with Crippen LogP contribution in [0.2, 0.25) is 0 Å². The van der Waals surface area contributed by atoms with Crippen LogP contribution in [-0.2, 0) is 0 Å². The van der Waals surface area contributed by atoms with Crippen LogP contribution in [0.15, 0.2) is 36.4 Å². The van der Waals surface area contributed by atoms with Crippen molar-refractivity contribution >= 4 is 23.2 Å². The Balaban J connectivity index is 1.33. The average Bonchev–Trinajstić information content (AvgIpc) is 3.09. The average molecular weight is 410 g/mol. The zero-order chi connectivity index (χ0) is 20.9. The number of carbonyl (C=O) groups excluding carboxylic acids is 1. The molecule has 30 heavy (non-hydrogen) atoms. The maximum atomic E-state index is 12.7. The minimum Gasteiger partial charge on any atom is -0.355 e. The molecule has 0 N–H and O–H groups in total.